The van der Waals surface area contributed by atoms with Gasteiger partial charge < -0.3 is 10.2 Å². The van der Waals surface area contributed by atoms with Gasteiger partial charge in [0.1, 0.15) is 5.82 Å². The van der Waals surface area contributed by atoms with Crippen molar-refractivity contribution in [2.24, 2.45) is 5.73 Å². The second-order valence-corrected chi connectivity index (χ2v) is 9.52. The Morgan fingerprint density at radius 2 is 1.69 bits per heavy atom. The first-order valence-electron chi connectivity index (χ1n) is 5.48. The third-order valence-corrected chi connectivity index (χ3v) is 3.12. The Kier molecular flexibility index (Phi) is 4.24. The normalized spacial score (nSPS) is 15.9. The summed E-state index contributed by atoms with van der Waals surface area (Å²) in [6, 6.07) is 6.26. The number of halogens is 1. The van der Waals surface area contributed by atoms with Gasteiger partial charge in [0, 0.05) is 6.04 Å². The van der Waals surface area contributed by atoms with E-state index < -0.39 is 8.32 Å². The molecule has 0 aliphatic carbocycles. The van der Waals surface area contributed by atoms with Gasteiger partial charge in [-0.3, -0.25) is 0 Å². The van der Waals surface area contributed by atoms with Crippen LogP contribution in [0.1, 0.15) is 18.6 Å². The smallest absolute Gasteiger partial charge is 0.184 e. The molecule has 2 unspecified atom stereocenters. The minimum atomic E-state index is -1.65. The Balaban J connectivity index is 2.90. The summed E-state index contributed by atoms with van der Waals surface area (Å²) in [4.78, 5) is 0. The van der Waals surface area contributed by atoms with E-state index in [1.807, 2.05) is 6.92 Å². The van der Waals surface area contributed by atoms with Crippen LogP contribution in [0.4, 0.5) is 4.39 Å². The maximum atomic E-state index is 12.8. The van der Waals surface area contributed by atoms with Crippen molar-refractivity contribution in [2.75, 3.05) is 0 Å². The summed E-state index contributed by atoms with van der Waals surface area (Å²) in [5.41, 5.74) is 6.86. The van der Waals surface area contributed by atoms with Crippen LogP contribution in [0.2, 0.25) is 19.6 Å². The molecule has 0 heterocycles. The monoisotopic (exact) mass is 241 g/mol. The summed E-state index contributed by atoms with van der Waals surface area (Å²) in [7, 11) is -1.65. The molecule has 0 radical (unpaired) electrons. The zero-order chi connectivity index (χ0) is 12.3. The van der Waals surface area contributed by atoms with E-state index in [-0.39, 0.29) is 18.0 Å². The third-order valence-electron chi connectivity index (χ3n) is 2.16. The van der Waals surface area contributed by atoms with Gasteiger partial charge in [-0.25, -0.2) is 4.39 Å². The van der Waals surface area contributed by atoms with E-state index in [9.17, 15) is 4.39 Å². The van der Waals surface area contributed by atoms with Crippen LogP contribution in [0.15, 0.2) is 24.3 Å². The van der Waals surface area contributed by atoms with E-state index in [1.165, 1.54) is 12.1 Å². The molecule has 0 fully saturated rings. The number of hydrogen-bond acceptors (Lipinski definition) is 2. The van der Waals surface area contributed by atoms with Crippen molar-refractivity contribution in [3.8, 4) is 0 Å². The maximum Gasteiger partial charge on any atom is 0.184 e. The zero-order valence-corrected chi connectivity index (χ0v) is 11.3. The predicted octanol–water partition coefficient (Wildman–Crippen LogP) is 3.07. The van der Waals surface area contributed by atoms with Crippen molar-refractivity contribution in [1.82, 2.24) is 0 Å². The van der Waals surface area contributed by atoms with E-state index in [4.69, 9.17) is 10.2 Å². The SMILES string of the molecule is CC(N)C(O[Si](C)(C)C)c1ccc(F)cc1. The highest BCUT2D eigenvalue weighted by Gasteiger charge is 2.25. The molecule has 2 atom stereocenters. The molecule has 1 rings (SSSR count). The first-order chi connectivity index (χ1) is 7.29. The minimum Gasteiger partial charge on any atom is -0.409 e. The Bertz CT molecular complexity index is 332. The summed E-state index contributed by atoms with van der Waals surface area (Å²) in [6.07, 6.45) is -0.146. The Morgan fingerprint density at radius 3 is 2.06 bits per heavy atom. The third kappa shape index (κ3) is 4.04. The van der Waals surface area contributed by atoms with Gasteiger partial charge in [-0.05, 0) is 44.3 Å². The topological polar surface area (TPSA) is 35.2 Å². The molecule has 0 amide bonds. The van der Waals surface area contributed by atoms with Crippen LogP contribution in [-0.2, 0) is 4.43 Å². The molecular formula is C12H20FNOSi. The molecular weight excluding hydrogens is 221 g/mol. The second-order valence-electron chi connectivity index (χ2n) is 5.06. The largest absolute Gasteiger partial charge is 0.409 e. The molecule has 2 nitrogen and oxygen atoms in total. The van der Waals surface area contributed by atoms with Gasteiger partial charge in [0.25, 0.3) is 0 Å². The summed E-state index contributed by atoms with van der Waals surface area (Å²) in [5.74, 6) is -0.236. The number of nitrogens with two attached hydrogens (primary N) is 1. The molecule has 1 aromatic rings. The highest BCUT2D eigenvalue weighted by molar-refractivity contribution is 6.69. The predicted molar refractivity (Wildman–Crippen MR) is 67.2 cm³/mol. The molecule has 16 heavy (non-hydrogen) atoms. The van der Waals surface area contributed by atoms with E-state index in [1.54, 1.807) is 12.1 Å². The van der Waals surface area contributed by atoms with Gasteiger partial charge in [0.2, 0.25) is 0 Å². The molecule has 2 N–H and O–H groups in total. The van der Waals surface area contributed by atoms with Crippen LogP contribution < -0.4 is 5.73 Å². The van der Waals surface area contributed by atoms with E-state index >= 15 is 0 Å². The van der Waals surface area contributed by atoms with Crippen molar-refractivity contribution >= 4 is 8.32 Å². The van der Waals surface area contributed by atoms with Crippen molar-refractivity contribution in [3.05, 3.63) is 35.6 Å². The molecule has 0 saturated heterocycles. The highest BCUT2D eigenvalue weighted by Crippen LogP contribution is 2.24. The lowest BCUT2D eigenvalue weighted by molar-refractivity contribution is 0.172. The van der Waals surface area contributed by atoms with E-state index in [2.05, 4.69) is 19.6 Å². The zero-order valence-electron chi connectivity index (χ0n) is 10.3. The van der Waals surface area contributed by atoms with Gasteiger partial charge in [-0.1, -0.05) is 12.1 Å². The quantitative estimate of drug-likeness (QED) is 0.822. The standard InChI is InChI=1S/C12H20FNOSi/c1-9(14)12(15-16(2,3)4)10-5-7-11(13)8-6-10/h5-9,12H,14H2,1-4H3. The van der Waals surface area contributed by atoms with Crippen LogP contribution in [0, 0.1) is 5.82 Å². The minimum absolute atomic E-state index is 0.0998. The highest BCUT2D eigenvalue weighted by atomic mass is 28.4. The van der Waals surface area contributed by atoms with Crippen LogP contribution in [0.25, 0.3) is 0 Å². The number of rotatable bonds is 4. The van der Waals surface area contributed by atoms with Crippen LogP contribution in [-0.4, -0.2) is 14.4 Å². The van der Waals surface area contributed by atoms with Crippen molar-refractivity contribution in [2.45, 2.75) is 38.7 Å². The first-order valence-corrected chi connectivity index (χ1v) is 8.89. The van der Waals surface area contributed by atoms with Crippen molar-refractivity contribution in [3.63, 3.8) is 0 Å². The van der Waals surface area contributed by atoms with Crippen LogP contribution >= 0.6 is 0 Å². The van der Waals surface area contributed by atoms with Crippen molar-refractivity contribution < 1.29 is 8.82 Å². The Labute approximate surface area is 97.7 Å². The summed E-state index contributed by atoms with van der Waals surface area (Å²) >= 11 is 0. The molecule has 0 spiro atoms. The van der Waals surface area contributed by atoms with Gasteiger partial charge in [0.05, 0.1) is 6.10 Å². The van der Waals surface area contributed by atoms with Crippen LogP contribution in [0.5, 0.6) is 0 Å². The fraction of sp³-hybridized carbons (Fsp3) is 0.500. The number of hydrogen-bond donors (Lipinski definition) is 1. The summed E-state index contributed by atoms with van der Waals surface area (Å²) in [5, 5.41) is 0. The first kappa shape index (κ1) is 13.4. The molecule has 0 bridgehead atoms. The van der Waals surface area contributed by atoms with Gasteiger partial charge in [-0.15, -0.1) is 0 Å². The molecule has 0 aromatic heterocycles. The molecule has 4 heteroatoms. The van der Waals surface area contributed by atoms with Gasteiger partial charge in [0.15, 0.2) is 8.32 Å². The van der Waals surface area contributed by atoms with E-state index in [0.717, 1.165) is 5.56 Å². The lowest BCUT2D eigenvalue weighted by atomic mass is 10.0. The van der Waals surface area contributed by atoms with Crippen molar-refractivity contribution in [1.29, 1.82) is 0 Å². The average Bonchev–Trinajstić information content (AvgIpc) is 2.14. The fourth-order valence-electron chi connectivity index (χ4n) is 1.51. The molecule has 0 saturated carbocycles. The maximum absolute atomic E-state index is 12.8. The Morgan fingerprint density at radius 1 is 1.19 bits per heavy atom. The van der Waals surface area contributed by atoms with Gasteiger partial charge >= 0.3 is 0 Å². The Hall–Kier alpha value is -0.713. The second kappa shape index (κ2) is 5.08. The lowest BCUT2D eigenvalue weighted by Gasteiger charge is -2.29. The molecule has 90 valence electrons. The lowest BCUT2D eigenvalue weighted by Crippen LogP contribution is -2.36. The van der Waals surface area contributed by atoms with E-state index in [0.29, 0.717) is 0 Å². The molecule has 1 aromatic carbocycles. The molecule has 0 aliphatic heterocycles. The fourth-order valence-corrected chi connectivity index (χ4v) is 2.62. The summed E-state index contributed by atoms with van der Waals surface area (Å²) < 4.78 is 18.8. The van der Waals surface area contributed by atoms with Crippen LogP contribution in [0.3, 0.4) is 0 Å². The summed E-state index contributed by atoms with van der Waals surface area (Å²) in [6.45, 7) is 8.26. The van der Waals surface area contributed by atoms with Gasteiger partial charge in [-0.2, -0.15) is 0 Å². The number of benzene rings is 1. The molecule has 0 aliphatic rings. The average molecular weight is 241 g/mol.